The largest absolute Gasteiger partial charge is 0.494 e. The quantitative estimate of drug-likeness (QED) is 0.563. The van der Waals surface area contributed by atoms with Gasteiger partial charge in [-0.3, -0.25) is 5.43 Å². The van der Waals surface area contributed by atoms with E-state index in [0.29, 0.717) is 0 Å². The van der Waals surface area contributed by atoms with E-state index in [-0.39, 0.29) is 0 Å². The Morgan fingerprint density at radius 1 is 0.897 bits per heavy atom. The third kappa shape index (κ3) is 4.37. The number of unbranched alkanes of at least 4 members (excludes halogenated alkanes) is 1. The number of benzene rings is 3. The SMILES string of the molecule is CCCCOc1ccc(C2=NNC(c3cccc(C)c3)=Nc3ccccc32)cc1. The van der Waals surface area contributed by atoms with Gasteiger partial charge in [-0.25, -0.2) is 4.99 Å². The molecule has 0 spiro atoms. The molecule has 0 saturated carbocycles. The van der Waals surface area contributed by atoms with Crippen molar-refractivity contribution in [2.75, 3.05) is 6.61 Å². The van der Waals surface area contributed by atoms with Crippen molar-refractivity contribution in [2.24, 2.45) is 10.1 Å². The number of aryl methyl sites for hydroxylation is 1. The van der Waals surface area contributed by atoms with E-state index >= 15 is 0 Å². The van der Waals surface area contributed by atoms with E-state index in [4.69, 9.17) is 14.8 Å². The van der Waals surface area contributed by atoms with Gasteiger partial charge >= 0.3 is 0 Å². The minimum atomic E-state index is 0.745. The lowest BCUT2D eigenvalue weighted by atomic mass is 10.0. The number of amidine groups is 1. The number of hydrogen-bond acceptors (Lipinski definition) is 4. The molecule has 0 atom stereocenters. The molecule has 0 radical (unpaired) electrons. The Balaban J connectivity index is 1.67. The summed E-state index contributed by atoms with van der Waals surface area (Å²) in [6.45, 7) is 4.98. The number of nitrogens with zero attached hydrogens (tertiary/aromatic N) is 2. The molecule has 0 unspecified atom stereocenters. The van der Waals surface area contributed by atoms with Crippen LogP contribution in [0, 0.1) is 6.92 Å². The highest BCUT2D eigenvalue weighted by Gasteiger charge is 2.17. The maximum atomic E-state index is 5.79. The minimum absolute atomic E-state index is 0.745. The van der Waals surface area contributed by atoms with Gasteiger partial charge in [-0.15, -0.1) is 0 Å². The number of hydrogen-bond donors (Lipinski definition) is 1. The van der Waals surface area contributed by atoms with Gasteiger partial charge in [0.15, 0.2) is 5.84 Å². The van der Waals surface area contributed by atoms with Gasteiger partial charge in [-0.1, -0.05) is 55.3 Å². The van der Waals surface area contributed by atoms with Crippen LogP contribution in [0.25, 0.3) is 0 Å². The zero-order valence-electron chi connectivity index (χ0n) is 16.9. The molecular weight excluding hydrogens is 358 g/mol. The lowest BCUT2D eigenvalue weighted by Gasteiger charge is -2.09. The summed E-state index contributed by atoms with van der Waals surface area (Å²) in [5.74, 6) is 1.63. The first-order valence-corrected chi connectivity index (χ1v) is 10.1. The summed E-state index contributed by atoms with van der Waals surface area (Å²) in [4.78, 5) is 4.86. The third-order valence-corrected chi connectivity index (χ3v) is 4.85. The number of para-hydroxylation sites is 1. The molecule has 1 heterocycles. The van der Waals surface area contributed by atoms with Gasteiger partial charge in [-0.05, 0) is 49.7 Å². The fraction of sp³-hybridized carbons (Fsp3) is 0.200. The summed E-state index contributed by atoms with van der Waals surface area (Å²) in [6, 6.07) is 24.5. The number of fused-ring (bicyclic) bond motifs is 1. The third-order valence-electron chi connectivity index (χ3n) is 4.85. The van der Waals surface area contributed by atoms with Crippen LogP contribution in [0.5, 0.6) is 5.75 Å². The molecule has 0 aliphatic carbocycles. The molecule has 1 aliphatic heterocycles. The van der Waals surface area contributed by atoms with Crippen LogP contribution in [0.2, 0.25) is 0 Å². The van der Waals surface area contributed by atoms with E-state index in [1.165, 1.54) is 5.56 Å². The Kier molecular flexibility index (Phi) is 5.71. The van der Waals surface area contributed by atoms with Crippen molar-refractivity contribution in [3.8, 4) is 5.75 Å². The van der Waals surface area contributed by atoms with E-state index in [9.17, 15) is 0 Å². The first-order valence-electron chi connectivity index (χ1n) is 10.1. The van der Waals surface area contributed by atoms with Gasteiger partial charge in [-0.2, -0.15) is 5.10 Å². The van der Waals surface area contributed by atoms with Crippen molar-refractivity contribution >= 4 is 17.2 Å². The highest BCUT2D eigenvalue weighted by Crippen LogP contribution is 2.26. The van der Waals surface area contributed by atoms with Gasteiger partial charge in [0.1, 0.15) is 5.75 Å². The zero-order valence-corrected chi connectivity index (χ0v) is 16.9. The number of ether oxygens (including phenoxy) is 1. The first-order chi connectivity index (χ1) is 14.2. The van der Waals surface area contributed by atoms with E-state index in [1.54, 1.807) is 0 Å². The van der Waals surface area contributed by atoms with Crippen LogP contribution >= 0.6 is 0 Å². The number of nitrogens with one attached hydrogen (secondary N) is 1. The smallest absolute Gasteiger partial charge is 0.154 e. The summed E-state index contributed by atoms with van der Waals surface area (Å²) in [5, 5.41) is 4.72. The Morgan fingerprint density at radius 2 is 1.72 bits per heavy atom. The van der Waals surface area contributed by atoms with Gasteiger partial charge in [0.2, 0.25) is 0 Å². The van der Waals surface area contributed by atoms with E-state index in [1.807, 2.05) is 42.5 Å². The second-order valence-corrected chi connectivity index (χ2v) is 7.15. The number of hydrazone groups is 1. The summed E-state index contributed by atoms with van der Waals surface area (Å²) >= 11 is 0. The van der Waals surface area contributed by atoms with Crippen molar-refractivity contribution in [1.82, 2.24) is 5.43 Å². The molecule has 4 heteroatoms. The van der Waals surface area contributed by atoms with Crippen LogP contribution in [0.4, 0.5) is 5.69 Å². The molecule has 146 valence electrons. The Labute approximate surface area is 172 Å². The Hall–Kier alpha value is -3.40. The molecule has 3 aromatic carbocycles. The van der Waals surface area contributed by atoms with Crippen LogP contribution in [0.1, 0.15) is 42.0 Å². The zero-order chi connectivity index (χ0) is 20.1. The highest BCUT2D eigenvalue weighted by atomic mass is 16.5. The van der Waals surface area contributed by atoms with Crippen LogP contribution in [-0.2, 0) is 0 Å². The second kappa shape index (κ2) is 8.74. The normalized spacial score (nSPS) is 12.9. The van der Waals surface area contributed by atoms with Crippen molar-refractivity contribution in [2.45, 2.75) is 26.7 Å². The van der Waals surface area contributed by atoms with Crippen LogP contribution in [0.3, 0.4) is 0 Å². The maximum absolute atomic E-state index is 5.79. The second-order valence-electron chi connectivity index (χ2n) is 7.15. The van der Waals surface area contributed by atoms with E-state index < -0.39 is 0 Å². The minimum Gasteiger partial charge on any atom is -0.494 e. The van der Waals surface area contributed by atoms with Gasteiger partial charge in [0.25, 0.3) is 0 Å². The molecule has 0 saturated heterocycles. The topological polar surface area (TPSA) is 46.0 Å². The molecule has 4 rings (SSSR count). The van der Waals surface area contributed by atoms with Crippen molar-refractivity contribution in [1.29, 1.82) is 0 Å². The monoisotopic (exact) mass is 383 g/mol. The summed E-state index contributed by atoms with van der Waals surface area (Å²) in [5.41, 5.74) is 9.18. The molecule has 0 aromatic heterocycles. The number of rotatable bonds is 6. The molecule has 1 N–H and O–H groups in total. The van der Waals surface area contributed by atoms with E-state index in [0.717, 1.165) is 59.1 Å². The molecule has 29 heavy (non-hydrogen) atoms. The molecule has 4 nitrogen and oxygen atoms in total. The molecule has 3 aromatic rings. The Bertz CT molecular complexity index is 1050. The predicted molar refractivity (Wildman–Crippen MR) is 119 cm³/mol. The Morgan fingerprint density at radius 3 is 2.52 bits per heavy atom. The molecular formula is C25H25N3O. The van der Waals surface area contributed by atoms with Crippen LogP contribution < -0.4 is 10.2 Å². The lowest BCUT2D eigenvalue weighted by Crippen LogP contribution is -2.19. The van der Waals surface area contributed by atoms with E-state index in [2.05, 4.69) is 49.6 Å². The molecule has 0 bridgehead atoms. The van der Waals surface area contributed by atoms with Crippen molar-refractivity contribution in [3.05, 3.63) is 95.1 Å². The highest BCUT2D eigenvalue weighted by molar-refractivity contribution is 6.18. The van der Waals surface area contributed by atoms with Crippen LogP contribution in [-0.4, -0.2) is 18.2 Å². The average Bonchev–Trinajstić information content (AvgIpc) is 2.94. The maximum Gasteiger partial charge on any atom is 0.154 e. The lowest BCUT2D eigenvalue weighted by molar-refractivity contribution is 0.309. The van der Waals surface area contributed by atoms with Gasteiger partial charge < -0.3 is 4.74 Å². The van der Waals surface area contributed by atoms with Crippen LogP contribution in [0.15, 0.2) is 82.9 Å². The fourth-order valence-corrected chi connectivity index (χ4v) is 3.27. The summed E-state index contributed by atoms with van der Waals surface area (Å²) in [7, 11) is 0. The number of aliphatic imine (C=N–C) groups is 1. The fourth-order valence-electron chi connectivity index (χ4n) is 3.27. The average molecular weight is 383 g/mol. The molecule has 0 fully saturated rings. The van der Waals surface area contributed by atoms with Crippen molar-refractivity contribution in [3.63, 3.8) is 0 Å². The standard InChI is InChI=1S/C25H25N3O/c1-3-4-16-29-21-14-12-19(13-15-21)24-22-10-5-6-11-23(22)26-25(28-27-24)20-9-7-8-18(2)17-20/h5-15,17H,3-4,16H2,1-2H3,(H,26,28). The predicted octanol–water partition coefficient (Wildman–Crippen LogP) is 5.61. The van der Waals surface area contributed by atoms with Gasteiger partial charge in [0.05, 0.1) is 18.0 Å². The molecule has 1 aliphatic rings. The van der Waals surface area contributed by atoms with Crippen molar-refractivity contribution < 1.29 is 4.74 Å². The van der Waals surface area contributed by atoms with Gasteiger partial charge in [0, 0.05) is 16.7 Å². The first kappa shape index (κ1) is 18.9. The summed E-state index contributed by atoms with van der Waals surface area (Å²) < 4.78 is 5.79. The molecule has 0 amide bonds. The summed E-state index contributed by atoms with van der Waals surface area (Å²) in [6.07, 6.45) is 2.19.